The minimum absolute atomic E-state index is 0.226. The minimum atomic E-state index is -0.265. The molecule has 5 nitrogen and oxygen atoms in total. The van der Waals surface area contributed by atoms with E-state index in [1.165, 1.54) is 23.8 Å². The van der Waals surface area contributed by atoms with Crippen LogP contribution >= 0.6 is 11.8 Å². The lowest BCUT2D eigenvalue weighted by Gasteiger charge is -2.22. The average molecular weight is 400 g/mol. The third-order valence-corrected chi connectivity index (χ3v) is 6.75. The summed E-state index contributed by atoms with van der Waals surface area (Å²) in [6, 6.07) is 13.9. The Labute approximate surface area is 169 Å². The van der Waals surface area contributed by atoms with Gasteiger partial charge in [-0.3, -0.25) is 4.99 Å². The van der Waals surface area contributed by atoms with Crippen LogP contribution in [0.15, 0.2) is 58.5 Å². The van der Waals surface area contributed by atoms with E-state index in [2.05, 4.69) is 50.9 Å². The molecule has 1 saturated carbocycles. The summed E-state index contributed by atoms with van der Waals surface area (Å²) in [5.74, 6) is 0.985. The number of rotatable bonds is 6. The van der Waals surface area contributed by atoms with Crippen LogP contribution in [0.25, 0.3) is 0 Å². The van der Waals surface area contributed by atoms with Gasteiger partial charge in [0.05, 0.1) is 0 Å². The first-order valence-electron chi connectivity index (χ1n) is 9.74. The summed E-state index contributed by atoms with van der Waals surface area (Å²) in [7, 11) is 1.80. The third kappa shape index (κ3) is 4.58. The van der Waals surface area contributed by atoms with Crippen molar-refractivity contribution in [2.75, 3.05) is 31.6 Å². The molecule has 4 rings (SSSR count). The van der Waals surface area contributed by atoms with Gasteiger partial charge < -0.3 is 15.5 Å². The van der Waals surface area contributed by atoms with Crippen molar-refractivity contribution in [2.45, 2.75) is 34.9 Å². The number of pyridine rings is 1. The molecular formula is C21H26FN5S. The number of aromatic nitrogens is 1. The van der Waals surface area contributed by atoms with Gasteiger partial charge in [0.2, 0.25) is 0 Å². The largest absolute Gasteiger partial charge is 0.355 e. The Hall–Kier alpha value is -2.28. The van der Waals surface area contributed by atoms with Crippen molar-refractivity contribution in [1.82, 2.24) is 15.6 Å². The van der Waals surface area contributed by atoms with Crippen molar-refractivity contribution < 1.29 is 4.39 Å². The zero-order chi connectivity index (χ0) is 19.4. The van der Waals surface area contributed by atoms with Crippen LogP contribution in [-0.2, 0) is 0 Å². The number of nitrogens with one attached hydrogen (secondary N) is 2. The van der Waals surface area contributed by atoms with Crippen LogP contribution in [0.4, 0.5) is 10.2 Å². The van der Waals surface area contributed by atoms with Gasteiger partial charge in [-0.25, -0.2) is 9.37 Å². The van der Waals surface area contributed by atoms with Crippen molar-refractivity contribution in [3.8, 4) is 0 Å². The van der Waals surface area contributed by atoms with E-state index in [1.807, 2.05) is 16.7 Å². The molecule has 1 aromatic carbocycles. The first kappa shape index (κ1) is 19.1. The molecule has 2 N–H and O–H groups in total. The van der Waals surface area contributed by atoms with Gasteiger partial charge in [0.1, 0.15) is 0 Å². The Morgan fingerprint density at radius 2 is 2.11 bits per heavy atom. The van der Waals surface area contributed by atoms with Crippen LogP contribution < -0.4 is 15.5 Å². The highest BCUT2D eigenvalue weighted by Crippen LogP contribution is 2.51. The highest BCUT2D eigenvalue weighted by molar-refractivity contribution is 8.01. The molecule has 2 aromatic rings. The Balaban J connectivity index is 1.28. The Kier molecular flexibility index (Phi) is 5.71. The number of hydrogen-bond acceptors (Lipinski definition) is 4. The highest BCUT2D eigenvalue weighted by Gasteiger charge is 2.43. The Morgan fingerprint density at radius 3 is 2.82 bits per heavy atom. The molecule has 2 aliphatic rings. The maximum atomic E-state index is 14.0. The zero-order valence-corrected chi connectivity index (χ0v) is 16.9. The number of halogens is 1. The second-order valence-corrected chi connectivity index (χ2v) is 8.95. The van der Waals surface area contributed by atoms with Gasteiger partial charge in [0.25, 0.3) is 0 Å². The molecule has 28 heavy (non-hydrogen) atoms. The number of aliphatic imine (C=N–C) groups is 1. The van der Waals surface area contributed by atoms with Crippen molar-refractivity contribution in [3.05, 3.63) is 54.5 Å². The molecule has 0 bridgehead atoms. The van der Waals surface area contributed by atoms with E-state index in [9.17, 15) is 4.39 Å². The molecule has 1 aliphatic heterocycles. The summed E-state index contributed by atoms with van der Waals surface area (Å²) in [5, 5.41) is 6.98. The van der Waals surface area contributed by atoms with Crippen molar-refractivity contribution >= 4 is 23.5 Å². The molecule has 0 amide bonds. The monoisotopic (exact) mass is 399 g/mol. The van der Waals surface area contributed by atoms with Gasteiger partial charge in [0, 0.05) is 48.6 Å². The predicted molar refractivity (Wildman–Crippen MR) is 114 cm³/mol. The average Bonchev–Trinajstić information content (AvgIpc) is 3.32. The number of anilines is 1. The normalized spacial score (nSPS) is 20.9. The molecule has 2 fully saturated rings. The number of guanidine groups is 1. The molecule has 1 atom stereocenters. The number of thioether (sulfide) groups is 1. The lowest BCUT2D eigenvalue weighted by molar-refractivity contribution is 0.612. The quantitative estimate of drug-likeness (QED) is 0.577. The van der Waals surface area contributed by atoms with Crippen LogP contribution in [0.2, 0.25) is 0 Å². The first-order chi connectivity index (χ1) is 13.7. The number of benzene rings is 1. The smallest absolute Gasteiger partial charge is 0.191 e. The second kappa shape index (κ2) is 8.39. The second-order valence-electron chi connectivity index (χ2n) is 7.41. The molecule has 148 valence electrons. The van der Waals surface area contributed by atoms with Gasteiger partial charge in [-0.15, -0.1) is 11.8 Å². The summed E-state index contributed by atoms with van der Waals surface area (Å²) < 4.78 is 14.2. The lowest BCUT2D eigenvalue weighted by atomic mass is 10.3. The van der Waals surface area contributed by atoms with Crippen LogP contribution in [-0.4, -0.2) is 48.4 Å². The van der Waals surface area contributed by atoms with E-state index in [0.29, 0.717) is 5.82 Å². The maximum Gasteiger partial charge on any atom is 0.191 e. The first-order valence-corrected chi connectivity index (χ1v) is 10.6. The fraction of sp³-hybridized carbons (Fsp3) is 0.429. The molecule has 2 heterocycles. The van der Waals surface area contributed by atoms with Crippen molar-refractivity contribution in [2.24, 2.45) is 4.99 Å². The number of nitrogens with zero attached hydrogens (tertiary/aromatic N) is 3. The summed E-state index contributed by atoms with van der Waals surface area (Å²) >= 11 is 1.95. The Bertz CT molecular complexity index is 825. The fourth-order valence-corrected chi connectivity index (χ4v) is 4.75. The van der Waals surface area contributed by atoms with E-state index in [1.54, 1.807) is 19.3 Å². The molecule has 1 aliphatic carbocycles. The van der Waals surface area contributed by atoms with E-state index in [-0.39, 0.29) is 16.6 Å². The molecule has 1 unspecified atom stereocenters. The van der Waals surface area contributed by atoms with E-state index >= 15 is 0 Å². The standard InChI is InChI=1S/C21H26FN5S/c1-23-20(25-15-21(10-11-21)28-17-6-3-2-4-7-17)26-16-9-13-27(14-16)19-18(22)8-5-12-24-19/h2-8,12,16H,9-11,13-15H2,1H3,(H2,23,25,26). The van der Waals surface area contributed by atoms with Crippen molar-refractivity contribution in [1.29, 1.82) is 0 Å². The molecule has 7 heteroatoms. The van der Waals surface area contributed by atoms with Gasteiger partial charge in [-0.05, 0) is 43.5 Å². The van der Waals surface area contributed by atoms with Crippen LogP contribution in [0.1, 0.15) is 19.3 Å². The highest BCUT2D eigenvalue weighted by atomic mass is 32.2. The lowest BCUT2D eigenvalue weighted by Crippen LogP contribution is -2.46. The van der Waals surface area contributed by atoms with Gasteiger partial charge in [0.15, 0.2) is 17.6 Å². The number of hydrogen-bond donors (Lipinski definition) is 2. The minimum Gasteiger partial charge on any atom is -0.355 e. The van der Waals surface area contributed by atoms with Crippen LogP contribution in [0, 0.1) is 5.82 Å². The summed E-state index contributed by atoms with van der Waals surface area (Å²) in [6.45, 7) is 2.40. The van der Waals surface area contributed by atoms with E-state index in [4.69, 9.17) is 0 Å². The third-order valence-electron chi connectivity index (χ3n) is 5.25. The SMILES string of the molecule is CN=C(NCC1(Sc2ccccc2)CC1)NC1CCN(c2ncccc2F)C1. The molecule has 0 spiro atoms. The van der Waals surface area contributed by atoms with Gasteiger partial charge in [-0.2, -0.15) is 0 Å². The predicted octanol–water partition coefficient (Wildman–Crippen LogP) is 3.29. The maximum absolute atomic E-state index is 14.0. The fourth-order valence-electron chi connectivity index (χ4n) is 3.51. The van der Waals surface area contributed by atoms with Crippen LogP contribution in [0.5, 0.6) is 0 Å². The van der Waals surface area contributed by atoms with Gasteiger partial charge in [-0.1, -0.05) is 18.2 Å². The van der Waals surface area contributed by atoms with E-state index < -0.39 is 0 Å². The zero-order valence-electron chi connectivity index (χ0n) is 16.1. The van der Waals surface area contributed by atoms with Crippen LogP contribution in [0.3, 0.4) is 0 Å². The molecule has 0 radical (unpaired) electrons. The van der Waals surface area contributed by atoms with Crippen molar-refractivity contribution in [3.63, 3.8) is 0 Å². The van der Waals surface area contributed by atoms with E-state index in [0.717, 1.165) is 32.0 Å². The Morgan fingerprint density at radius 1 is 1.29 bits per heavy atom. The summed E-state index contributed by atoms with van der Waals surface area (Å²) in [4.78, 5) is 11.9. The molecular weight excluding hydrogens is 373 g/mol. The molecule has 1 aromatic heterocycles. The molecule has 1 saturated heterocycles. The topological polar surface area (TPSA) is 52.6 Å². The van der Waals surface area contributed by atoms with Gasteiger partial charge >= 0.3 is 0 Å². The summed E-state index contributed by atoms with van der Waals surface area (Å²) in [5.41, 5.74) is 0. The summed E-state index contributed by atoms with van der Waals surface area (Å²) in [6.07, 6.45) is 5.00.